The van der Waals surface area contributed by atoms with Crippen molar-refractivity contribution in [3.05, 3.63) is 60.9 Å². The van der Waals surface area contributed by atoms with Gasteiger partial charge in [0.05, 0.1) is 5.69 Å². The Morgan fingerprint density at radius 2 is 2.13 bits per heavy atom. The van der Waals surface area contributed by atoms with Gasteiger partial charge in [0.25, 0.3) is 0 Å². The fourth-order valence-electron chi connectivity index (χ4n) is 2.45. The fraction of sp³-hybridized carbons (Fsp3) is 0.235. The van der Waals surface area contributed by atoms with E-state index in [0.717, 1.165) is 23.6 Å². The number of carbonyl (C=O) groups is 1. The molecule has 23 heavy (non-hydrogen) atoms. The van der Waals surface area contributed by atoms with Crippen LogP contribution in [0.25, 0.3) is 5.69 Å². The molecule has 3 rings (SSSR count). The van der Waals surface area contributed by atoms with Crippen LogP contribution in [0, 0.1) is 0 Å². The third-order valence-electron chi connectivity index (χ3n) is 3.60. The molecule has 0 unspecified atom stereocenters. The molecular weight excluding hydrogens is 290 g/mol. The predicted octanol–water partition coefficient (Wildman–Crippen LogP) is 2.66. The highest BCUT2D eigenvalue weighted by Gasteiger charge is 2.06. The molecule has 6 heteroatoms. The minimum Gasteiger partial charge on any atom is -0.334 e. The molecule has 0 spiro atoms. The van der Waals surface area contributed by atoms with Gasteiger partial charge in [-0.2, -0.15) is 5.10 Å². The van der Waals surface area contributed by atoms with Crippen molar-refractivity contribution in [2.24, 2.45) is 0 Å². The van der Waals surface area contributed by atoms with E-state index in [-0.39, 0.29) is 5.91 Å². The molecule has 0 aliphatic carbocycles. The second-order valence-corrected chi connectivity index (χ2v) is 5.19. The van der Waals surface area contributed by atoms with Crippen LogP contribution in [0.4, 0.5) is 5.69 Å². The topological polar surface area (TPSA) is 64.7 Å². The quantitative estimate of drug-likeness (QED) is 0.761. The van der Waals surface area contributed by atoms with E-state index >= 15 is 0 Å². The van der Waals surface area contributed by atoms with Gasteiger partial charge in [0, 0.05) is 49.9 Å². The summed E-state index contributed by atoms with van der Waals surface area (Å²) in [5.41, 5.74) is 1.68. The maximum atomic E-state index is 12.1. The molecule has 0 aliphatic heterocycles. The number of rotatable bonds is 6. The van der Waals surface area contributed by atoms with E-state index in [0.29, 0.717) is 13.0 Å². The van der Waals surface area contributed by atoms with E-state index in [4.69, 9.17) is 0 Å². The van der Waals surface area contributed by atoms with Gasteiger partial charge in [0.1, 0.15) is 5.82 Å². The third kappa shape index (κ3) is 3.66. The Kier molecular flexibility index (Phi) is 4.52. The lowest BCUT2D eigenvalue weighted by atomic mass is 10.2. The lowest BCUT2D eigenvalue weighted by Crippen LogP contribution is -2.15. The number of benzene rings is 1. The van der Waals surface area contributed by atoms with Crippen LogP contribution in [0.1, 0.15) is 19.2 Å². The van der Waals surface area contributed by atoms with Gasteiger partial charge < -0.3 is 9.88 Å². The first-order chi connectivity index (χ1) is 11.3. The van der Waals surface area contributed by atoms with E-state index < -0.39 is 0 Å². The molecule has 0 radical (unpaired) electrons. The Bertz CT molecular complexity index is 776. The van der Waals surface area contributed by atoms with Crippen molar-refractivity contribution >= 4 is 11.6 Å². The van der Waals surface area contributed by atoms with Gasteiger partial charge in [-0.1, -0.05) is 13.0 Å². The zero-order valence-electron chi connectivity index (χ0n) is 13.0. The summed E-state index contributed by atoms with van der Waals surface area (Å²) < 4.78 is 3.77. The Morgan fingerprint density at radius 3 is 2.91 bits per heavy atom. The van der Waals surface area contributed by atoms with Crippen molar-refractivity contribution in [1.82, 2.24) is 19.3 Å². The highest BCUT2D eigenvalue weighted by atomic mass is 16.1. The minimum absolute atomic E-state index is 0.0154. The number of aryl methyl sites for hydroxylation is 2. The SMILES string of the molecule is CCc1nccn1CCC(=O)Nc1cccc(-n2cccn2)c1. The molecule has 0 saturated heterocycles. The van der Waals surface area contributed by atoms with Crippen LogP contribution in [0.3, 0.4) is 0 Å². The summed E-state index contributed by atoms with van der Waals surface area (Å²) in [6.07, 6.45) is 8.54. The number of amides is 1. The number of imidazole rings is 1. The van der Waals surface area contributed by atoms with Crippen LogP contribution >= 0.6 is 0 Å². The summed E-state index contributed by atoms with van der Waals surface area (Å²) in [7, 11) is 0. The van der Waals surface area contributed by atoms with Crippen molar-refractivity contribution in [3.63, 3.8) is 0 Å². The van der Waals surface area contributed by atoms with Gasteiger partial charge in [0.2, 0.25) is 5.91 Å². The minimum atomic E-state index is -0.0154. The third-order valence-corrected chi connectivity index (χ3v) is 3.60. The fourth-order valence-corrected chi connectivity index (χ4v) is 2.45. The molecule has 0 atom stereocenters. The first-order valence-electron chi connectivity index (χ1n) is 7.66. The number of hydrogen-bond acceptors (Lipinski definition) is 3. The van der Waals surface area contributed by atoms with E-state index in [2.05, 4.69) is 22.3 Å². The Labute approximate surface area is 134 Å². The average Bonchev–Trinajstić information content (AvgIpc) is 3.24. The molecule has 0 fully saturated rings. The average molecular weight is 309 g/mol. The molecule has 1 aromatic carbocycles. The summed E-state index contributed by atoms with van der Waals surface area (Å²) in [6, 6.07) is 9.49. The molecule has 3 aromatic rings. The number of nitrogens with one attached hydrogen (secondary N) is 1. The molecule has 0 aliphatic rings. The van der Waals surface area contributed by atoms with Crippen LogP contribution in [-0.2, 0) is 17.8 Å². The highest BCUT2D eigenvalue weighted by Crippen LogP contribution is 2.14. The Morgan fingerprint density at radius 1 is 1.22 bits per heavy atom. The van der Waals surface area contributed by atoms with E-state index in [1.807, 2.05) is 47.3 Å². The molecule has 6 nitrogen and oxygen atoms in total. The predicted molar refractivity (Wildman–Crippen MR) is 88.4 cm³/mol. The van der Waals surface area contributed by atoms with Gasteiger partial charge >= 0.3 is 0 Å². The van der Waals surface area contributed by atoms with Gasteiger partial charge in [-0.15, -0.1) is 0 Å². The van der Waals surface area contributed by atoms with Crippen molar-refractivity contribution in [1.29, 1.82) is 0 Å². The molecule has 2 aromatic heterocycles. The zero-order chi connectivity index (χ0) is 16.1. The van der Waals surface area contributed by atoms with Crippen molar-refractivity contribution in [2.75, 3.05) is 5.32 Å². The molecule has 1 N–H and O–H groups in total. The van der Waals surface area contributed by atoms with Crippen LogP contribution in [0.2, 0.25) is 0 Å². The first kappa shape index (κ1) is 15.0. The van der Waals surface area contributed by atoms with Crippen LogP contribution in [0.15, 0.2) is 55.1 Å². The number of nitrogens with zero attached hydrogens (tertiary/aromatic N) is 4. The maximum absolute atomic E-state index is 12.1. The van der Waals surface area contributed by atoms with Crippen molar-refractivity contribution in [2.45, 2.75) is 26.3 Å². The molecule has 1 amide bonds. The normalized spacial score (nSPS) is 10.7. The van der Waals surface area contributed by atoms with Gasteiger partial charge in [-0.05, 0) is 24.3 Å². The highest BCUT2D eigenvalue weighted by molar-refractivity contribution is 5.90. The van der Waals surface area contributed by atoms with E-state index in [1.54, 1.807) is 17.1 Å². The number of hydrogen-bond donors (Lipinski definition) is 1. The lowest BCUT2D eigenvalue weighted by molar-refractivity contribution is -0.116. The molecule has 2 heterocycles. The van der Waals surface area contributed by atoms with Crippen molar-refractivity contribution < 1.29 is 4.79 Å². The summed E-state index contributed by atoms with van der Waals surface area (Å²) in [4.78, 5) is 16.4. The monoisotopic (exact) mass is 309 g/mol. The summed E-state index contributed by atoms with van der Waals surface area (Å²) in [6.45, 7) is 2.69. The summed E-state index contributed by atoms with van der Waals surface area (Å²) in [5.74, 6) is 0.983. The smallest absolute Gasteiger partial charge is 0.226 e. The maximum Gasteiger partial charge on any atom is 0.226 e. The molecule has 118 valence electrons. The van der Waals surface area contributed by atoms with Crippen LogP contribution in [0.5, 0.6) is 0 Å². The summed E-state index contributed by atoms with van der Waals surface area (Å²) in [5, 5.41) is 7.12. The Balaban J connectivity index is 1.61. The second kappa shape index (κ2) is 6.91. The largest absolute Gasteiger partial charge is 0.334 e. The van der Waals surface area contributed by atoms with Gasteiger partial charge in [-0.25, -0.2) is 9.67 Å². The van der Waals surface area contributed by atoms with Crippen molar-refractivity contribution in [3.8, 4) is 5.69 Å². The number of anilines is 1. The summed E-state index contributed by atoms with van der Waals surface area (Å²) >= 11 is 0. The number of aromatic nitrogens is 4. The van der Waals surface area contributed by atoms with E-state index in [9.17, 15) is 4.79 Å². The lowest BCUT2D eigenvalue weighted by Gasteiger charge is -2.09. The van der Waals surface area contributed by atoms with Gasteiger partial charge in [-0.3, -0.25) is 4.79 Å². The van der Waals surface area contributed by atoms with Gasteiger partial charge in [0.15, 0.2) is 0 Å². The standard InChI is InChI=1S/C17H19N5O/c1-2-16-18-9-12-21(16)11-7-17(23)20-14-5-3-6-15(13-14)22-10-4-8-19-22/h3-6,8-10,12-13H,2,7,11H2,1H3,(H,20,23). The Hall–Kier alpha value is -2.89. The molecular formula is C17H19N5O. The van der Waals surface area contributed by atoms with E-state index in [1.165, 1.54) is 0 Å². The van der Waals surface area contributed by atoms with Crippen LogP contribution in [-0.4, -0.2) is 25.2 Å². The second-order valence-electron chi connectivity index (χ2n) is 5.19. The zero-order valence-corrected chi connectivity index (χ0v) is 13.0. The van der Waals surface area contributed by atoms with Crippen LogP contribution < -0.4 is 5.32 Å². The first-order valence-corrected chi connectivity index (χ1v) is 7.66. The molecule has 0 bridgehead atoms. The number of carbonyl (C=O) groups excluding carboxylic acids is 1. The molecule has 0 saturated carbocycles.